The Bertz CT molecular complexity index is 675. The Labute approximate surface area is 134 Å². The van der Waals surface area contributed by atoms with Crippen LogP contribution in [0, 0.1) is 0 Å². The van der Waals surface area contributed by atoms with Crippen molar-refractivity contribution < 1.29 is 14.6 Å². The quantitative estimate of drug-likeness (QED) is 0.909. The standard InChI is InChI=1S/C17H18ClNO3/c1-21-17-7-12(14(18)8-15(17)20)9-19-13-6-11-4-2-3-5-16(11)22-10-13/h2-5,7-8,13,19-20H,6,9-10H2,1H3. The largest absolute Gasteiger partial charge is 0.504 e. The first-order valence-electron chi connectivity index (χ1n) is 7.17. The Balaban J connectivity index is 1.66. The van der Waals surface area contributed by atoms with E-state index in [2.05, 4.69) is 11.4 Å². The van der Waals surface area contributed by atoms with E-state index >= 15 is 0 Å². The van der Waals surface area contributed by atoms with Gasteiger partial charge in [-0.3, -0.25) is 0 Å². The van der Waals surface area contributed by atoms with Crippen LogP contribution < -0.4 is 14.8 Å². The highest BCUT2D eigenvalue weighted by Crippen LogP contribution is 2.32. The van der Waals surface area contributed by atoms with E-state index in [9.17, 15) is 5.11 Å². The maximum atomic E-state index is 9.69. The molecule has 1 atom stereocenters. The molecule has 0 aromatic heterocycles. The Morgan fingerprint density at radius 2 is 2.18 bits per heavy atom. The van der Waals surface area contributed by atoms with Gasteiger partial charge in [0.1, 0.15) is 12.4 Å². The van der Waals surface area contributed by atoms with Gasteiger partial charge in [-0.1, -0.05) is 29.8 Å². The molecule has 2 aromatic rings. The van der Waals surface area contributed by atoms with Crippen LogP contribution in [0.25, 0.3) is 0 Å². The van der Waals surface area contributed by atoms with Crippen LogP contribution in [0.4, 0.5) is 0 Å². The van der Waals surface area contributed by atoms with Gasteiger partial charge in [0.15, 0.2) is 11.5 Å². The number of benzene rings is 2. The molecule has 2 N–H and O–H groups in total. The lowest BCUT2D eigenvalue weighted by Gasteiger charge is -2.26. The number of hydrogen-bond acceptors (Lipinski definition) is 4. The van der Waals surface area contributed by atoms with Crippen molar-refractivity contribution in [3.05, 3.63) is 52.5 Å². The SMILES string of the molecule is COc1cc(CNC2COc3ccccc3C2)c(Cl)cc1O. The minimum absolute atomic E-state index is 0.0474. The molecule has 4 nitrogen and oxygen atoms in total. The number of nitrogens with one attached hydrogen (secondary N) is 1. The third-order valence-corrected chi connectivity index (χ3v) is 4.16. The monoisotopic (exact) mass is 319 g/mol. The lowest BCUT2D eigenvalue weighted by atomic mass is 10.0. The maximum Gasteiger partial charge on any atom is 0.160 e. The van der Waals surface area contributed by atoms with Crippen molar-refractivity contribution in [2.24, 2.45) is 0 Å². The smallest absolute Gasteiger partial charge is 0.160 e. The van der Waals surface area contributed by atoms with Crippen molar-refractivity contribution in [3.8, 4) is 17.2 Å². The number of halogens is 1. The number of hydrogen-bond donors (Lipinski definition) is 2. The van der Waals surface area contributed by atoms with Gasteiger partial charge in [0, 0.05) is 23.7 Å². The molecular weight excluding hydrogens is 302 g/mol. The van der Waals surface area contributed by atoms with Gasteiger partial charge in [-0.2, -0.15) is 0 Å². The number of para-hydroxylation sites is 1. The zero-order valence-electron chi connectivity index (χ0n) is 12.3. The van der Waals surface area contributed by atoms with Gasteiger partial charge in [-0.25, -0.2) is 0 Å². The van der Waals surface area contributed by atoms with Crippen LogP contribution in [-0.4, -0.2) is 24.9 Å². The van der Waals surface area contributed by atoms with Crippen LogP contribution in [0.15, 0.2) is 36.4 Å². The second-order valence-corrected chi connectivity index (χ2v) is 5.72. The highest BCUT2D eigenvalue weighted by atomic mass is 35.5. The molecule has 0 saturated carbocycles. The summed E-state index contributed by atoms with van der Waals surface area (Å²) in [6.07, 6.45) is 0.920. The van der Waals surface area contributed by atoms with E-state index in [1.807, 2.05) is 18.2 Å². The average molecular weight is 320 g/mol. The molecule has 2 aromatic carbocycles. The van der Waals surface area contributed by atoms with Crippen molar-refractivity contribution >= 4 is 11.6 Å². The lowest BCUT2D eigenvalue weighted by Crippen LogP contribution is -2.38. The second kappa shape index (κ2) is 6.46. The highest BCUT2D eigenvalue weighted by Gasteiger charge is 2.19. The van der Waals surface area contributed by atoms with Crippen LogP contribution in [-0.2, 0) is 13.0 Å². The first-order chi connectivity index (χ1) is 10.7. The molecule has 0 bridgehead atoms. The van der Waals surface area contributed by atoms with E-state index in [4.69, 9.17) is 21.1 Å². The number of phenolic OH excluding ortho intramolecular Hbond substituents is 1. The van der Waals surface area contributed by atoms with Crippen LogP contribution in [0.3, 0.4) is 0 Å². The molecule has 0 aliphatic carbocycles. The predicted octanol–water partition coefficient (Wildman–Crippen LogP) is 3.15. The molecule has 116 valence electrons. The summed E-state index contributed by atoms with van der Waals surface area (Å²) in [4.78, 5) is 0. The van der Waals surface area contributed by atoms with Gasteiger partial charge >= 0.3 is 0 Å². The molecule has 0 fully saturated rings. The van der Waals surface area contributed by atoms with Gasteiger partial charge in [-0.15, -0.1) is 0 Å². The Hall–Kier alpha value is -1.91. The molecule has 0 spiro atoms. The fraction of sp³-hybridized carbons (Fsp3) is 0.294. The molecule has 1 unspecified atom stereocenters. The average Bonchev–Trinajstić information content (AvgIpc) is 2.54. The fourth-order valence-electron chi connectivity index (χ4n) is 2.60. The molecule has 3 rings (SSSR count). The van der Waals surface area contributed by atoms with Crippen molar-refractivity contribution in [1.82, 2.24) is 5.32 Å². The zero-order chi connectivity index (χ0) is 15.5. The maximum absolute atomic E-state index is 9.69. The van der Waals surface area contributed by atoms with Crippen LogP contribution >= 0.6 is 11.6 Å². The molecule has 1 heterocycles. The van der Waals surface area contributed by atoms with Crippen molar-refractivity contribution in [2.75, 3.05) is 13.7 Å². The summed E-state index contributed by atoms with van der Waals surface area (Å²) in [5.41, 5.74) is 2.09. The second-order valence-electron chi connectivity index (χ2n) is 5.32. The predicted molar refractivity (Wildman–Crippen MR) is 85.9 cm³/mol. The number of fused-ring (bicyclic) bond motifs is 1. The molecule has 1 aliphatic rings. The van der Waals surface area contributed by atoms with E-state index in [0.717, 1.165) is 17.7 Å². The fourth-order valence-corrected chi connectivity index (χ4v) is 2.82. The van der Waals surface area contributed by atoms with Crippen molar-refractivity contribution in [3.63, 3.8) is 0 Å². The topological polar surface area (TPSA) is 50.7 Å². The summed E-state index contributed by atoms with van der Waals surface area (Å²) in [5, 5.41) is 13.7. The van der Waals surface area contributed by atoms with Gasteiger partial charge in [0.25, 0.3) is 0 Å². The summed E-state index contributed by atoms with van der Waals surface area (Å²) < 4.78 is 10.9. The van der Waals surface area contributed by atoms with Crippen LogP contribution in [0.1, 0.15) is 11.1 Å². The van der Waals surface area contributed by atoms with Crippen molar-refractivity contribution in [2.45, 2.75) is 19.0 Å². The van der Waals surface area contributed by atoms with E-state index in [0.29, 0.717) is 23.9 Å². The van der Waals surface area contributed by atoms with E-state index in [1.54, 1.807) is 6.07 Å². The highest BCUT2D eigenvalue weighted by molar-refractivity contribution is 6.31. The molecule has 0 saturated heterocycles. The Morgan fingerprint density at radius 3 is 3.00 bits per heavy atom. The number of phenols is 1. The van der Waals surface area contributed by atoms with Crippen molar-refractivity contribution in [1.29, 1.82) is 0 Å². The summed E-state index contributed by atoms with van der Waals surface area (Å²) in [6, 6.07) is 11.6. The minimum atomic E-state index is 0.0474. The Morgan fingerprint density at radius 1 is 1.36 bits per heavy atom. The van der Waals surface area contributed by atoms with Crippen LogP contribution in [0.2, 0.25) is 5.02 Å². The molecular formula is C17H18ClNO3. The third-order valence-electron chi connectivity index (χ3n) is 3.81. The normalized spacial score (nSPS) is 16.7. The molecule has 0 amide bonds. The van der Waals surface area contributed by atoms with Gasteiger partial charge in [0.05, 0.1) is 7.11 Å². The third kappa shape index (κ3) is 3.13. The summed E-state index contributed by atoms with van der Waals surface area (Å²) in [5.74, 6) is 1.43. The van der Waals surface area contributed by atoms with Gasteiger partial charge in [0.2, 0.25) is 0 Å². The summed E-state index contributed by atoms with van der Waals surface area (Å²) >= 11 is 6.17. The first-order valence-corrected chi connectivity index (χ1v) is 7.54. The zero-order valence-corrected chi connectivity index (χ0v) is 13.1. The van der Waals surface area contributed by atoms with E-state index in [-0.39, 0.29) is 11.8 Å². The first kappa shape index (κ1) is 15.0. The Kier molecular flexibility index (Phi) is 4.41. The van der Waals surface area contributed by atoms with Crippen LogP contribution in [0.5, 0.6) is 17.2 Å². The van der Waals surface area contributed by atoms with Gasteiger partial charge < -0.3 is 19.9 Å². The molecule has 0 radical (unpaired) electrons. The minimum Gasteiger partial charge on any atom is -0.504 e. The van der Waals surface area contributed by atoms with Gasteiger partial charge in [-0.05, 0) is 29.7 Å². The molecule has 1 aliphatic heterocycles. The summed E-state index contributed by atoms with van der Waals surface area (Å²) in [7, 11) is 1.52. The number of ether oxygens (including phenoxy) is 2. The lowest BCUT2D eigenvalue weighted by molar-refractivity contribution is 0.238. The molecule has 5 heteroatoms. The molecule has 22 heavy (non-hydrogen) atoms. The number of aromatic hydroxyl groups is 1. The number of rotatable bonds is 4. The number of methoxy groups -OCH3 is 1. The van der Waals surface area contributed by atoms with E-state index < -0.39 is 0 Å². The van der Waals surface area contributed by atoms with E-state index in [1.165, 1.54) is 18.7 Å². The summed E-state index contributed by atoms with van der Waals surface area (Å²) in [6.45, 7) is 1.22.